The highest BCUT2D eigenvalue weighted by Gasteiger charge is 2.32. The number of thiazole rings is 1. The Hall–Kier alpha value is -3.08. The SMILES string of the molecule is C=CCn1c(=NC(=O)C2CCN(S(=O)(=O)c3ccc(C)cc3)CC2)sc2cc(C(=O)OC)ccc21. The summed E-state index contributed by atoms with van der Waals surface area (Å²) >= 11 is 1.32. The van der Waals surface area contributed by atoms with E-state index in [1.54, 1.807) is 48.5 Å². The number of aryl methyl sites for hydroxylation is 1. The summed E-state index contributed by atoms with van der Waals surface area (Å²) < 4.78 is 34.8. The molecule has 0 saturated carbocycles. The van der Waals surface area contributed by atoms with E-state index in [-0.39, 0.29) is 29.8 Å². The molecule has 2 aromatic carbocycles. The second-order valence-corrected chi connectivity index (χ2v) is 11.3. The van der Waals surface area contributed by atoms with Crippen LogP contribution in [0, 0.1) is 12.8 Å². The van der Waals surface area contributed by atoms with E-state index in [0.717, 1.165) is 15.8 Å². The van der Waals surface area contributed by atoms with E-state index in [1.165, 1.54) is 22.8 Å². The van der Waals surface area contributed by atoms with Gasteiger partial charge < -0.3 is 9.30 Å². The first-order valence-electron chi connectivity index (χ1n) is 11.2. The van der Waals surface area contributed by atoms with E-state index in [0.29, 0.717) is 29.8 Å². The third-order valence-electron chi connectivity index (χ3n) is 6.08. The van der Waals surface area contributed by atoms with Gasteiger partial charge in [-0.25, -0.2) is 13.2 Å². The Bertz CT molecular complexity index is 1440. The van der Waals surface area contributed by atoms with Gasteiger partial charge in [0.15, 0.2) is 4.80 Å². The fraction of sp³-hybridized carbons (Fsp3) is 0.320. The summed E-state index contributed by atoms with van der Waals surface area (Å²) in [4.78, 5) is 30.1. The molecule has 1 aliphatic rings. The number of fused-ring (bicyclic) bond motifs is 1. The number of rotatable bonds is 6. The lowest BCUT2D eigenvalue weighted by Crippen LogP contribution is -2.40. The maximum absolute atomic E-state index is 13.0. The topological polar surface area (TPSA) is 98.0 Å². The van der Waals surface area contributed by atoms with Gasteiger partial charge in [0, 0.05) is 25.6 Å². The third kappa shape index (κ3) is 5.14. The minimum Gasteiger partial charge on any atom is -0.465 e. The Kier molecular flexibility index (Phi) is 7.34. The van der Waals surface area contributed by atoms with Crippen LogP contribution in [0.2, 0.25) is 0 Å². The fourth-order valence-electron chi connectivity index (χ4n) is 4.10. The van der Waals surface area contributed by atoms with Gasteiger partial charge in [0.05, 0.1) is 27.8 Å². The summed E-state index contributed by atoms with van der Waals surface area (Å²) in [5.41, 5.74) is 2.26. The smallest absolute Gasteiger partial charge is 0.337 e. The molecule has 1 saturated heterocycles. The molecule has 1 fully saturated rings. The van der Waals surface area contributed by atoms with Crippen LogP contribution >= 0.6 is 11.3 Å². The minimum atomic E-state index is -3.59. The standard InChI is InChI=1S/C25H27N3O5S2/c1-4-13-28-21-10-7-19(24(30)33-3)16-22(21)34-25(28)26-23(29)18-11-14-27(15-12-18)35(31,32)20-8-5-17(2)6-9-20/h4-10,16,18H,1,11-15H2,2-3H3. The maximum Gasteiger partial charge on any atom is 0.337 e. The molecule has 8 nitrogen and oxygen atoms in total. The fourth-order valence-corrected chi connectivity index (χ4v) is 6.65. The van der Waals surface area contributed by atoms with Crippen LogP contribution in [0.15, 0.2) is 65.0 Å². The Morgan fingerprint density at radius 3 is 2.49 bits per heavy atom. The van der Waals surface area contributed by atoms with Gasteiger partial charge in [0.25, 0.3) is 5.91 Å². The summed E-state index contributed by atoms with van der Waals surface area (Å²) in [7, 11) is -2.26. The monoisotopic (exact) mass is 513 g/mol. The van der Waals surface area contributed by atoms with Crippen molar-refractivity contribution < 1.29 is 22.7 Å². The number of esters is 1. The average molecular weight is 514 g/mol. The number of benzene rings is 2. The molecule has 1 aromatic heterocycles. The summed E-state index contributed by atoms with van der Waals surface area (Å²) in [5.74, 6) is -1.06. The van der Waals surface area contributed by atoms with Crippen molar-refractivity contribution in [2.45, 2.75) is 31.2 Å². The molecule has 1 aliphatic heterocycles. The molecule has 0 spiro atoms. The van der Waals surface area contributed by atoms with E-state index in [2.05, 4.69) is 11.6 Å². The van der Waals surface area contributed by atoms with Crippen LogP contribution in [0.4, 0.5) is 0 Å². The quantitative estimate of drug-likeness (QED) is 0.371. The second kappa shape index (κ2) is 10.3. The molecular weight excluding hydrogens is 486 g/mol. The largest absolute Gasteiger partial charge is 0.465 e. The molecule has 4 rings (SSSR count). The predicted molar refractivity (Wildman–Crippen MR) is 135 cm³/mol. The normalized spacial score (nSPS) is 15.9. The lowest BCUT2D eigenvalue weighted by molar-refractivity contribution is -0.122. The van der Waals surface area contributed by atoms with Gasteiger partial charge in [-0.05, 0) is 50.1 Å². The van der Waals surface area contributed by atoms with Crippen LogP contribution in [0.1, 0.15) is 28.8 Å². The van der Waals surface area contributed by atoms with Crippen molar-refractivity contribution in [1.82, 2.24) is 8.87 Å². The van der Waals surface area contributed by atoms with Crippen molar-refractivity contribution in [3.8, 4) is 0 Å². The number of nitrogens with zero attached hydrogens (tertiary/aromatic N) is 3. The number of piperidine rings is 1. The third-order valence-corrected chi connectivity index (χ3v) is 9.04. The van der Waals surface area contributed by atoms with Gasteiger partial charge in [-0.3, -0.25) is 4.79 Å². The molecule has 3 aromatic rings. The molecule has 0 N–H and O–H groups in total. The van der Waals surface area contributed by atoms with Crippen LogP contribution in [0.3, 0.4) is 0 Å². The van der Waals surface area contributed by atoms with Gasteiger partial charge in [-0.1, -0.05) is 35.1 Å². The van der Waals surface area contributed by atoms with E-state index in [9.17, 15) is 18.0 Å². The molecule has 0 radical (unpaired) electrons. The number of allylic oxidation sites excluding steroid dienone is 1. The average Bonchev–Trinajstić information content (AvgIpc) is 3.20. The molecule has 0 aliphatic carbocycles. The van der Waals surface area contributed by atoms with Crippen molar-refractivity contribution in [3.63, 3.8) is 0 Å². The zero-order chi connectivity index (χ0) is 25.2. The molecule has 0 atom stereocenters. The number of aromatic nitrogens is 1. The number of amides is 1. The molecule has 0 bridgehead atoms. The maximum atomic E-state index is 13.0. The number of carbonyl (C=O) groups is 2. The first-order chi connectivity index (χ1) is 16.7. The number of carbonyl (C=O) groups excluding carboxylic acids is 2. The van der Waals surface area contributed by atoms with Crippen LogP contribution in [-0.2, 0) is 26.1 Å². The Morgan fingerprint density at radius 2 is 1.86 bits per heavy atom. The predicted octanol–water partition coefficient (Wildman–Crippen LogP) is 3.51. The summed E-state index contributed by atoms with van der Waals surface area (Å²) in [6, 6.07) is 12.0. The van der Waals surface area contributed by atoms with Crippen molar-refractivity contribution in [3.05, 3.63) is 71.0 Å². The zero-order valence-corrected chi connectivity index (χ0v) is 21.3. The first kappa shape index (κ1) is 25.0. The van der Waals surface area contributed by atoms with Crippen molar-refractivity contribution >= 4 is 43.5 Å². The lowest BCUT2D eigenvalue weighted by Gasteiger charge is -2.29. The van der Waals surface area contributed by atoms with E-state index < -0.39 is 16.0 Å². The van der Waals surface area contributed by atoms with E-state index in [1.807, 2.05) is 11.5 Å². The van der Waals surface area contributed by atoms with Gasteiger partial charge in [0.1, 0.15) is 0 Å². The van der Waals surface area contributed by atoms with E-state index in [4.69, 9.17) is 4.74 Å². The van der Waals surface area contributed by atoms with E-state index >= 15 is 0 Å². The zero-order valence-electron chi connectivity index (χ0n) is 19.6. The number of methoxy groups -OCH3 is 1. The highest BCUT2D eigenvalue weighted by molar-refractivity contribution is 7.89. The van der Waals surface area contributed by atoms with Gasteiger partial charge >= 0.3 is 5.97 Å². The summed E-state index contributed by atoms with van der Waals surface area (Å²) in [6.45, 7) is 6.69. The Balaban J connectivity index is 1.55. The van der Waals surface area contributed by atoms with Crippen molar-refractivity contribution in [1.29, 1.82) is 0 Å². The molecule has 35 heavy (non-hydrogen) atoms. The highest BCUT2D eigenvalue weighted by Crippen LogP contribution is 2.25. The Labute approximate surface area is 208 Å². The first-order valence-corrected chi connectivity index (χ1v) is 13.5. The molecular formula is C25H27N3O5S2. The van der Waals surface area contributed by atoms with Gasteiger partial charge in [-0.15, -0.1) is 6.58 Å². The number of sulfonamides is 1. The minimum absolute atomic E-state index is 0.264. The van der Waals surface area contributed by atoms with Gasteiger partial charge in [-0.2, -0.15) is 9.30 Å². The van der Waals surface area contributed by atoms with Crippen molar-refractivity contribution in [2.24, 2.45) is 10.9 Å². The Morgan fingerprint density at radius 1 is 1.17 bits per heavy atom. The molecule has 1 amide bonds. The van der Waals surface area contributed by atoms with Gasteiger partial charge in [0.2, 0.25) is 10.0 Å². The molecule has 184 valence electrons. The van der Waals surface area contributed by atoms with Crippen LogP contribution in [0.25, 0.3) is 10.2 Å². The summed E-state index contributed by atoms with van der Waals surface area (Å²) in [5, 5.41) is 0. The molecule has 10 heteroatoms. The summed E-state index contributed by atoms with van der Waals surface area (Å²) in [6.07, 6.45) is 2.54. The number of ether oxygens (including phenoxy) is 1. The lowest BCUT2D eigenvalue weighted by atomic mass is 9.98. The highest BCUT2D eigenvalue weighted by atomic mass is 32.2. The van der Waals surface area contributed by atoms with Crippen LogP contribution in [-0.4, -0.2) is 49.4 Å². The van der Waals surface area contributed by atoms with Crippen molar-refractivity contribution in [2.75, 3.05) is 20.2 Å². The second-order valence-electron chi connectivity index (χ2n) is 8.40. The number of hydrogen-bond acceptors (Lipinski definition) is 6. The molecule has 2 heterocycles. The van der Waals surface area contributed by atoms with Crippen LogP contribution < -0.4 is 4.80 Å². The number of hydrogen-bond donors (Lipinski definition) is 0. The van der Waals surface area contributed by atoms with Crippen LogP contribution in [0.5, 0.6) is 0 Å². The molecule has 0 unspecified atom stereocenters.